The summed E-state index contributed by atoms with van der Waals surface area (Å²) in [5.74, 6) is 1.74. The normalized spacial score (nSPS) is 46.8. The quantitative estimate of drug-likeness (QED) is 0.505. The van der Waals surface area contributed by atoms with Crippen LogP contribution in [0.15, 0.2) is 11.6 Å². The second-order valence-corrected chi connectivity index (χ2v) is 11.9. The first kappa shape index (κ1) is 23.4. The maximum atomic E-state index is 12.3. The molecule has 4 nitrogen and oxygen atoms in total. The largest absolute Gasteiger partial charge is 0.396 e. The molecule has 0 heterocycles. The van der Waals surface area contributed by atoms with Crippen LogP contribution in [0, 0.1) is 34.5 Å². The number of carbonyl (C=O) groups is 1. The van der Waals surface area contributed by atoms with E-state index in [-0.39, 0.29) is 29.1 Å². The molecule has 3 saturated carbocycles. The van der Waals surface area contributed by atoms with Crippen LogP contribution in [0.25, 0.3) is 0 Å². The van der Waals surface area contributed by atoms with Crippen LogP contribution in [0.4, 0.5) is 0 Å². The third kappa shape index (κ3) is 3.75. The van der Waals surface area contributed by atoms with E-state index in [1.165, 1.54) is 0 Å². The second-order valence-electron chi connectivity index (χ2n) is 11.9. The van der Waals surface area contributed by atoms with E-state index >= 15 is 0 Å². The Labute approximate surface area is 188 Å². The van der Waals surface area contributed by atoms with Gasteiger partial charge in [-0.15, -0.1) is 0 Å². The molecule has 3 fully saturated rings. The summed E-state index contributed by atoms with van der Waals surface area (Å²) in [5.41, 5.74) is 0.242. The molecule has 8 atom stereocenters. The van der Waals surface area contributed by atoms with Gasteiger partial charge >= 0.3 is 0 Å². The lowest BCUT2D eigenvalue weighted by Crippen LogP contribution is -2.59. The zero-order valence-electron chi connectivity index (χ0n) is 19.9. The maximum Gasteiger partial charge on any atom is 0.155 e. The average molecular weight is 433 g/mol. The summed E-state index contributed by atoms with van der Waals surface area (Å²) in [6.45, 7) is 6.92. The first-order valence-corrected chi connectivity index (χ1v) is 12.9. The highest BCUT2D eigenvalue weighted by atomic mass is 16.3. The van der Waals surface area contributed by atoms with E-state index in [0.717, 1.165) is 76.2 Å². The molecule has 0 aromatic carbocycles. The van der Waals surface area contributed by atoms with Crippen molar-refractivity contribution in [3.8, 4) is 0 Å². The molecule has 4 aliphatic carbocycles. The molecule has 0 aliphatic heterocycles. The van der Waals surface area contributed by atoms with Gasteiger partial charge in [-0.1, -0.05) is 39.5 Å². The molecule has 31 heavy (non-hydrogen) atoms. The standard InChI is InChI=1S/C27H44O4/c1-25-13-10-18(29)17-22(25)24(30)19(9-7-5-4-6-8-16-28)23-20(25)11-14-26(2)21(23)12-15-27(26,3)31/h17,19-21,23-24,28,30-31H,4-16H2,1-3H3/t19-,20-,21-,23+,24+,25+,26-,27-/m0/s1. The highest BCUT2D eigenvalue weighted by molar-refractivity contribution is 5.91. The van der Waals surface area contributed by atoms with Crippen LogP contribution < -0.4 is 0 Å². The smallest absolute Gasteiger partial charge is 0.155 e. The van der Waals surface area contributed by atoms with Gasteiger partial charge in [-0.25, -0.2) is 0 Å². The topological polar surface area (TPSA) is 77.8 Å². The molecule has 4 rings (SSSR count). The van der Waals surface area contributed by atoms with Gasteiger partial charge in [0.25, 0.3) is 0 Å². The average Bonchev–Trinajstić information content (AvgIpc) is 2.97. The highest BCUT2D eigenvalue weighted by Gasteiger charge is 2.65. The summed E-state index contributed by atoms with van der Waals surface area (Å²) in [6, 6.07) is 0. The first-order valence-electron chi connectivity index (χ1n) is 12.9. The summed E-state index contributed by atoms with van der Waals surface area (Å²) < 4.78 is 0. The Morgan fingerprint density at radius 2 is 1.65 bits per heavy atom. The monoisotopic (exact) mass is 432 g/mol. The molecular weight excluding hydrogens is 388 g/mol. The number of unbranched alkanes of at least 4 members (excludes halogenated alkanes) is 4. The Morgan fingerprint density at radius 3 is 2.39 bits per heavy atom. The lowest BCUT2D eigenvalue weighted by atomic mass is 9.43. The SMILES string of the molecule is C[C@]12CCC(=O)C=C1[C@H](O)[C@@H](CCCCCCCO)[C@@H]1[C@@H]2CC[C@@]2(C)[C@H]1CC[C@]2(C)O. The number of rotatable bonds is 7. The minimum absolute atomic E-state index is 0.0741. The molecule has 4 aliphatic rings. The predicted octanol–water partition coefficient (Wildman–Crippen LogP) is 4.80. The minimum atomic E-state index is -0.623. The minimum Gasteiger partial charge on any atom is -0.396 e. The van der Waals surface area contributed by atoms with Gasteiger partial charge in [0, 0.05) is 13.0 Å². The predicted molar refractivity (Wildman–Crippen MR) is 122 cm³/mol. The first-order chi connectivity index (χ1) is 14.7. The Kier molecular flexibility index (Phi) is 6.48. The Balaban J connectivity index is 1.62. The number of carbonyl (C=O) groups excluding carboxylic acids is 1. The second kappa shape index (κ2) is 8.57. The van der Waals surface area contributed by atoms with Gasteiger partial charge in [0.05, 0.1) is 11.7 Å². The molecule has 0 bridgehead atoms. The van der Waals surface area contributed by atoms with Crippen molar-refractivity contribution in [2.75, 3.05) is 6.61 Å². The number of hydrogen-bond donors (Lipinski definition) is 3. The highest BCUT2D eigenvalue weighted by Crippen LogP contribution is 2.69. The lowest BCUT2D eigenvalue weighted by molar-refractivity contribution is -0.152. The number of aliphatic hydroxyl groups is 3. The van der Waals surface area contributed by atoms with Crippen molar-refractivity contribution in [1.29, 1.82) is 0 Å². The zero-order valence-corrected chi connectivity index (χ0v) is 19.9. The van der Waals surface area contributed by atoms with Gasteiger partial charge in [0.15, 0.2) is 5.78 Å². The van der Waals surface area contributed by atoms with Crippen LogP contribution in [0.3, 0.4) is 0 Å². The van der Waals surface area contributed by atoms with E-state index < -0.39 is 11.7 Å². The lowest BCUT2D eigenvalue weighted by Gasteiger charge is -2.62. The van der Waals surface area contributed by atoms with E-state index in [2.05, 4.69) is 13.8 Å². The Bertz CT molecular complexity index is 712. The van der Waals surface area contributed by atoms with Crippen molar-refractivity contribution >= 4 is 5.78 Å². The summed E-state index contributed by atoms with van der Waals surface area (Å²) in [7, 11) is 0. The van der Waals surface area contributed by atoms with Gasteiger partial charge in [-0.2, -0.15) is 0 Å². The molecule has 0 aromatic heterocycles. The summed E-state index contributed by atoms with van der Waals surface area (Å²) >= 11 is 0. The van der Waals surface area contributed by atoms with Gasteiger partial charge in [-0.3, -0.25) is 4.79 Å². The van der Waals surface area contributed by atoms with Crippen molar-refractivity contribution in [2.45, 2.75) is 110 Å². The molecule has 176 valence electrons. The van der Waals surface area contributed by atoms with E-state index in [1.54, 1.807) is 6.08 Å². The van der Waals surface area contributed by atoms with Crippen molar-refractivity contribution in [1.82, 2.24) is 0 Å². The molecule has 4 heteroatoms. The van der Waals surface area contributed by atoms with Crippen LogP contribution in [-0.2, 0) is 4.79 Å². The number of aliphatic hydroxyl groups excluding tert-OH is 2. The third-order valence-electron chi connectivity index (χ3n) is 10.5. The molecule has 0 saturated heterocycles. The number of ketones is 1. The summed E-state index contributed by atoms with van der Waals surface area (Å²) in [4.78, 5) is 12.3. The molecule has 0 amide bonds. The van der Waals surface area contributed by atoms with E-state index in [9.17, 15) is 15.0 Å². The summed E-state index contributed by atoms with van der Waals surface area (Å²) in [5, 5.41) is 31.9. The Hall–Kier alpha value is -0.710. The van der Waals surface area contributed by atoms with Crippen molar-refractivity contribution in [2.24, 2.45) is 34.5 Å². The fourth-order valence-electron chi connectivity index (χ4n) is 8.35. The van der Waals surface area contributed by atoms with Gasteiger partial charge in [0.1, 0.15) is 0 Å². The van der Waals surface area contributed by atoms with Gasteiger partial charge in [0.2, 0.25) is 0 Å². The third-order valence-corrected chi connectivity index (χ3v) is 10.5. The Morgan fingerprint density at radius 1 is 0.968 bits per heavy atom. The van der Waals surface area contributed by atoms with Gasteiger partial charge < -0.3 is 15.3 Å². The summed E-state index contributed by atoms with van der Waals surface area (Å²) in [6.07, 6.45) is 13.1. The number of fused-ring (bicyclic) bond motifs is 5. The van der Waals surface area contributed by atoms with Crippen molar-refractivity contribution in [3.63, 3.8) is 0 Å². The molecule has 0 radical (unpaired) electrons. The molecule has 3 N–H and O–H groups in total. The maximum absolute atomic E-state index is 12.3. The van der Waals surface area contributed by atoms with Crippen LogP contribution in [0.5, 0.6) is 0 Å². The van der Waals surface area contributed by atoms with Crippen molar-refractivity contribution in [3.05, 3.63) is 11.6 Å². The van der Waals surface area contributed by atoms with Gasteiger partial charge in [-0.05, 0) is 98.0 Å². The van der Waals surface area contributed by atoms with E-state index in [0.29, 0.717) is 24.2 Å². The van der Waals surface area contributed by atoms with Crippen LogP contribution >= 0.6 is 0 Å². The molecule has 0 aromatic rings. The molecule has 0 unspecified atom stereocenters. The van der Waals surface area contributed by atoms with Crippen LogP contribution in [-0.4, -0.2) is 39.4 Å². The number of hydrogen-bond acceptors (Lipinski definition) is 4. The molecular formula is C27H44O4. The molecule has 0 spiro atoms. The van der Waals surface area contributed by atoms with Crippen molar-refractivity contribution < 1.29 is 20.1 Å². The fraction of sp³-hybridized carbons (Fsp3) is 0.889. The van der Waals surface area contributed by atoms with E-state index in [4.69, 9.17) is 5.11 Å². The van der Waals surface area contributed by atoms with E-state index in [1.807, 2.05) is 6.92 Å². The van der Waals surface area contributed by atoms with Crippen LogP contribution in [0.1, 0.15) is 97.8 Å². The fourth-order valence-corrected chi connectivity index (χ4v) is 8.35. The zero-order chi connectivity index (χ0) is 22.4. The van der Waals surface area contributed by atoms with Crippen LogP contribution in [0.2, 0.25) is 0 Å².